The molecule has 0 bridgehead atoms. The first-order chi connectivity index (χ1) is 31.4. The second-order valence-corrected chi connectivity index (χ2v) is 23.9. The molecule has 1 saturated carbocycles. The molecule has 4 heterocycles. The van der Waals surface area contributed by atoms with Crippen molar-refractivity contribution in [1.29, 1.82) is 0 Å². The molecule has 5 heteroatoms. The van der Waals surface area contributed by atoms with Crippen LogP contribution in [-0.4, -0.2) is 12.3 Å². The van der Waals surface area contributed by atoms with Crippen molar-refractivity contribution >= 4 is 100 Å². The first-order valence-corrected chi connectivity index (χ1v) is 25.2. The number of nitrogens with zero attached hydrogens (tertiary/aromatic N) is 3. The summed E-state index contributed by atoms with van der Waals surface area (Å²) >= 11 is 1.89. The van der Waals surface area contributed by atoms with Crippen molar-refractivity contribution in [3.05, 3.63) is 161 Å². The van der Waals surface area contributed by atoms with E-state index in [0.29, 0.717) is 0 Å². The van der Waals surface area contributed by atoms with Crippen LogP contribution in [0.4, 0.5) is 45.5 Å². The highest BCUT2D eigenvalue weighted by molar-refractivity contribution is 7.25. The molecule has 3 aliphatic heterocycles. The molecule has 1 aromatic heterocycles. The summed E-state index contributed by atoms with van der Waals surface area (Å²) in [6, 6.07) is 50.4. The topological polar surface area (TPSA) is 9.72 Å². The van der Waals surface area contributed by atoms with Gasteiger partial charge in [0.2, 0.25) is 0 Å². The molecule has 7 aromatic carbocycles. The number of benzene rings is 7. The highest BCUT2D eigenvalue weighted by Crippen LogP contribution is 2.62. The number of thiophene rings is 1. The second kappa shape index (κ2) is 14.1. The molecule has 1 aliphatic carbocycles. The van der Waals surface area contributed by atoms with Gasteiger partial charge >= 0.3 is 0 Å². The molecule has 66 heavy (non-hydrogen) atoms. The van der Waals surface area contributed by atoms with Crippen LogP contribution in [0.2, 0.25) is 0 Å². The Hall–Kier alpha value is -5.78. The van der Waals surface area contributed by atoms with Crippen LogP contribution in [0.15, 0.2) is 127 Å². The van der Waals surface area contributed by atoms with Gasteiger partial charge in [0.05, 0.1) is 5.54 Å². The molecule has 8 aromatic rings. The van der Waals surface area contributed by atoms with Gasteiger partial charge in [-0.3, -0.25) is 0 Å². The largest absolute Gasteiger partial charge is 0.334 e. The molecule has 0 amide bonds. The fourth-order valence-corrected chi connectivity index (χ4v) is 14.1. The zero-order valence-corrected chi connectivity index (χ0v) is 41.6. The third kappa shape index (κ3) is 5.87. The molecule has 0 N–H and O–H groups in total. The van der Waals surface area contributed by atoms with Crippen LogP contribution in [0.25, 0.3) is 20.2 Å². The lowest BCUT2D eigenvalue weighted by molar-refractivity contribution is 0.194. The zero-order chi connectivity index (χ0) is 45.8. The Balaban J connectivity index is 1.16. The lowest BCUT2D eigenvalue weighted by Crippen LogP contribution is -2.61. The van der Waals surface area contributed by atoms with Crippen molar-refractivity contribution in [3.8, 4) is 0 Å². The third-order valence-electron chi connectivity index (χ3n) is 16.5. The standard InChI is InChI=1S/C61H62BN3S/c1-37-30-39(3)56-51(31-37)65(61(11)29-15-14-28-60(56,61)10)44-23-25-47-50(36-44)64(43-24-27-55-46(35-43)45-16-12-13-17-54(45)66-55)53-33-38(2)32-52-57(53)62(47)48-34-41(59(7,8)9)20-26-49(48)63(52)42-21-18-40(19-22-42)58(4,5)6/h12-13,16-27,30-36H,14-15,28-29H2,1-11H3. The maximum atomic E-state index is 2.79. The van der Waals surface area contributed by atoms with E-state index in [4.69, 9.17) is 0 Å². The summed E-state index contributed by atoms with van der Waals surface area (Å²) in [7, 11) is 0. The summed E-state index contributed by atoms with van der Waals surface area (Å²) in [5.74, 6) is 0. The van der Waals surface area contributed by atoms with E-state index in [0.717, 1.165) is 0 Å². The van der Waals surface area contributed by atoms with Gasteiger partial charge in [0.15, 0.2) is 0 Å². The normalized spacial score (nSPS) is 19.8. The molecule has 0 radical (unpaired) electrons. The molecule has 0 saturated heterocycles. The van der Waals surface area contributed by atoms with Gasteiger partial charge in [-0.15, -0.1) is 11.3 Å². The van der Waals surface area contributed by atoms with Crippen LogP contribution in [0.1, 0.15) is 114 Å². The maximum absolute atomic E-state index is 2.79. The van der Waals surface area contributed by atoms with Gasteiger partial charge in [-0.1, -0.05) is 116 Å². The minimum Gasteiger partial charge on any atom is -0.334 e. The summed E-state index contributed by atoms with van der Waals surface area (Å²) in [6.45, 7) is 26.1. The number of aryl methyl sites for hydroxylation is 3. The Labute approximate surface area is 397 Å². The molecule has 0 spiro atoms. The van der Waals surface area contributed by atoms with Gasteiger partial charge in [0.1, 0.15) is 0 Å². The molecular formula is C61H62BN3S. The summed E-state index contributed by atoms with van der Waals surface area (Å²) < 4.78 is 2.66. The fraction of sp³-hybridized carbons (Fsp3) is 0.311. The van der Waals surface area contributed by atoms with E-state index in [1.54, 1.807) is 5.56 Å². The van der Waals surface area contributed by atoms with Gasteiger partial charge in [-0.25, -0.2) is 0 Å². The van der Waals surface area contributed by atoms with Crippen LogP contribution in [0, 0.1) is 20.8 Å². The third-order valence-corrected chi connectivity index (χ3v) is 17.6. The molecule has 4 aliphatic rings. The van der Waals surface area contributed by atoms with Crippen LogP contribution in [0.5, 0.6) is 0 Å². The summed E-state index contributed by atoms with van der Waals surface area (Å²) in [6.07, 6.45) is 4.91. The molecule has 330 valence electrons. The summed E-state index contributed by atoms with van der Waals surface area (Å²) in [5, 5.41) is 2.65. The average molecular weight is 880 g/mol. The Morgan fingerprint density at radius 1 is 0.515 bits per heavy atom. The highest BCUT2D eigenvalue weighted by Gasteiger charge is 2.58. The molecule has 3 nitrogen and oxygen atoms in total. The predicted octanol–water partition coefficient (Wildman–Crippen LogP) is 15.4. The van der Waals surface area contributed by atoms with E-state index < -0.39 is 0 Å². The van der Waals surface area contributed by atoms with Crippen molar-refractivity contribution in [2.24, 2.45) is 0 Å². The summed E-state index contributed by atoms with van der Waals surface area (Å²) in [4.78, 5) is 8.01. The van der Waals surface area contributed by atoms with E-state index >= 15 is 0 Å². The number of hydrogen-bond donors (Lipinski definition) is 0. The van der Waals surface area contributed by atoms with Gasteiger partial charge in [-0.05, 0) is 174 Å². The first kappa shape index (κ1) is 41.6. The number of fused-ring (bicyclic) bond motifs is 10. The second-order valence-electron chi connectivity index (χ2n) is 22.8. The lowest BCUT2D eigenvalue weighted by atomic mass is 9.33. The van der Waals surface area contributed by atoms with Crippen molar-refractivity contribution in [2.45, 2.75) is 124 Å². The van der Waals surface area contributed by atoms with E-state index in [2.05, 4.69) is 218 Å². The van der Waals surface area contributed by atoms with E-state index in [9.17, 15) is 0 Å². The van der Waals surface area contributed by atoms with Crippen molar-refractivity contribution in [1.82, 2.24) is 0 Å². The quantitative estimate of drug-likeness (QED) is 0.164. The Kier molecular flexibility index (Phi) is 8.91. The van der Waals surface area contributed by atoms with E-state index in [1.165, 1.54) is 136 Å². The van der Waals surface area contributed by atoms with Gasteiger partial charge < -0.3 is 14.7 Å². The fourth-order valence-electron chi connectivity index (χ4n) is 13.0. The summed E-state index contributed by atoms with van der Waals surface area (Å²) in [5.41, 5.74) is 22.6. The van der Waals surface area contributed by atoms with Gasteiger partial charge in [0.25, 0.3) is 6.71 Å². The van der Waals surface area contributed by atoms with E-state index in [-0.39, 0.29) is 28.5 Å². The monoisotopic (exact) mass is 879 g/mol. The Bertz CT molecular complexity index is 3330. The minimum absolute atomic E-state index is 0.0157. The van der Waals surface area contributed by atoms with Crippen molar-refractivity contribution in [2.75, 3.05) is 14.7 Å². The number of rotatable bonds is 3. The smallest absolute Gasteiger partial charge is 0.252 e. The average Bonchev–Trinajstić information content (AvgIpc) is 3.74. The molecule has 1 fully saturated rings. The molecular weight excluding hydrogens is 818 g/mol. The van der Waals surface area contributed by atoms with Crippen molar-refractivity contribution < 1.29 is 0 Å². The number of anilines is 8. The predicted molar refractivity (Wildman–Crippen MR) is 288 cm³/mol. The lowest BCUT2D eigenvalue weighted by Gasteiger charge is -2.51. The van der Waals surface area contributed by atoms with Crippen LogP contribution >= 0.6 is 11.3 Å². The molecule has 2 unspecified atom stereocenters. The Morgan fingerprint density at radius 3 is 1.88 bits per heavy atom. The molecule has 2 atom stereocenters. The first-order valence-electron chi connectivity index (χ1n) is 24.4. The highest BCUT2D eigenvalue weighted by atomic mass is 32.1. The van der Waals surface area contributed by atoms with E-state index in [1.807, 2.05) is 11.3 Å². The van der Waals surface area contributed by atoms with Crippen LogP contribution < -0.4 is 31.1 Å². The van der Waals surface area contributed by atoms with Gasteiger partial charge in [-0.2, -0.15) is 0 Å². The number of hydrogen-bond acceptors (Lipinski definition) is 4. The zero-order valence-electron chi connectivity index (χ0n) is 40.8. The Morgan fingerprint density at radius 2 is 1.14 bits per heavy atom. The maximum Gasteiger partial charge on any atom is 0.252 e. The van der Waals surface area contributed by atoms with Gasteiger partial charge in [0, 0.05) is 71.1 Å². The van der Waals surface area contributed by atoms with Crippen LogP contribution in [0.3, 0.4) is 0 Å². The minimum atomic E-state index is -0.0574. The molecule has 12 rings (SSSR count). The van der Waals surface area contributed by atoms with Crippen LogP contribution in [-0.2, 0) is 16.2 Å². The van der Waals surface area contributed by atoms with Crippen molar-refractivity contribution in [3.63, 3.8) is 0 Å². The SMILES string of the molecule is Cc1cc2c3c(c1)N(c1ccc4sc5ccccc5c4c1)c1cc(N4c5cc(C)cc(C)c5C5(C)CCCCC45C)ccc1B3c1cc(C(C)(C)C)ccc1N2c1ccc(C(C)(C)C)cc1.